The molecule has 0 amide bonds. The molecule has 4 aromatic heterocycles. The average molecular weight is 435 g/mol. The van der Waals surface area contributed by atoms with E-state index in [2.05, 4.69) is 41.7 Å². The fourth-order valence-corrected chi connectivity index (χ4v) is 3.98. The fraction of sp³-hybridized carbons (Fsp3) is 0.455. The molecule has 4 aromatic rings. The summed E-state index contributed by atoms with van der Waals surface area (Å²) in [6, 6.07) is 0.0169. The van der Waals surface area contributed by atoms with Crippen molar-refractivity contribution in [3.05, 3.63) is 34.3 Å². The zero-order valence-corrected chi connectivity index (χ0v) is 18.6. The maximum atomic E-state index is 12.4. The van der Waals surface area contributed by atoms with Crippen LogP contribution in [0.3, 0.4) is 0 Å². The van der Waals surface area contributed by atoms with Gasteiger partial charge in [-0.1, -0.05) is 27.7 Å². The first-order chi connectivity index (χ1) is 15.5. The Hall–Kier alpha value is -3.74. The van der Waals surface area contributed by atoms with E-state index in [1.807, 2.05) is 27.7 Å². The van der Waals surface area contributed by atoms with E-state index in [4.69, 9.17) is 0 Å². The van der Waals surface area contributed by atoms with Gasteiger partial charge in [0.1, 0.15) is 11.4 Å². The van der Waals surface area contributed by atoms with E-state index < -0.39 is 0 Å². The first-order valence-corrected chi connectivity index (χ1v) is 10.9. The van der Waals surface area contributed by atoms with Crippen LogP contribution in [0.2, 0.25) is 0 Å². The van der Waals surface area contributed by atoms with Gasteiger partial charge < -0.3 is 5.11 Å². The second-order valence-electron chi connectivity index (χ2n) is 7.60. The molecule has 0 saturated heterocycles. The Kier molecular flexibility index (Phi) is 5.90. The normalized spacial score (nSPS) is 11.6. The van der Waals surface area contributed by atoms with Crippen LogP contribution in [-0.2, 0) is 0 Å². The number of aromatic amines is 1. The number of nitrogens with one attached hydrogen (secondary N) is 1. The van der Waals surface area contributed by atoms with Crippen LogP contribution in [0.25, 0.3) is 22.6 Å². The molecule has 0 atom stereocenters. The summed E-state index contributed by atoms with van der Waals surface area (Å²) in [6.45, 7) is 8.17. The number of hydrogen-bond acceptors (Lipinski definition) is 7. The van der Waals surface area contributed by atoms with Crippen molar-refractivity contribution in [3.8, 4) is 17.9 Å². The molecule has 0 unspecified atom stereocenters. The molecule has 10 heteroatoms. The third-order valence-corrected chi connectivity index (χ3v) is 5.75. The Labute approximate surface area is 184 Å². The number of fused-ring (bicyclic) bond motifs is 2. The number of imidazole rings is 2. The third-order valence-electron chi connectivity index (χ3n) is 5.75. The van der Waals surface area contributed by atoms with Crippen molar-refractivity contribution >= 4 is 22.6 Å². The van der Waals surface area contributed by atoms with Gasteiger partial charge in [-0.2, -0.15) is 4.98 Å². The minimum Gasteiger partial charge on any atom is -0.480 e. The predicted molar refractivity (Wildman–Crippen MR) is 120 cm³/mol. The number of nitrogens with zero attached hydrogens (tertiary/aromatic N) is 7. The molecule has 0 bridgehead atoms. The predicted octanol–water partition coefficient (Wildman–Crippen LogP) is 3.09. The highest BCUT2D eigenvalue weighted by molar-refractivity contribution is 5.69. The largest absolute Gasteiger partial charge is 0.480 e. The van der Waals surface area contributed by atoms with Gasteiger partial charge in [0.2, 0.25) is 5.65 Å². The molecule has 32 heavy (non-hydrogen) atoms. The van der Waals surface area contributed by atoms with Crippen LogP contribution < -0.4 is 5.69 Å². The summed E-state index contributed by atoms with van der Waals surface area (Å²) in [5.41, 5.74) is 2.45. The van der Waals surface area contributed by atoms with Gasteiger partial charge in [-0.25, -0.2) is 24.7 Å². The second kappa shape index (κ2) is 8.78. The van der Waals surface area contributed by atoms with Crippen molar-refractivity contribution in [2.45, 2.75) is 65.5 Å². The molecule has 0 aromatic carbocycles. The molecule has 4 heterocycles. The van der Waals surface area contributed by atoms with Gasteiger partial charge in [0.25, 0.3) is 6.01 Å². The monoisotopic (exact) mass is 434 g/mol. The molecule has 0 aliphatic heterocycles. The lowest BCUT2D eigenvalue weighted by molar-refractivity contribution is 0.360. The van der Waals surface area contributed by atoms with E-state index in [1.165, 1.54) is 12.4 Å². The summed E-state index contributed by atoms with van der Waals surface area (Å²) in [6.07, 6.45) is 6.33. The lowest BCUT2D eigenvalue weighted by Gasteiger charge is -2.15. The average Bonchev–Trinajstić information content (AvgIpc) is 3.30. The molecule has 0 aliphatic carbocycles. The van der Waals surface area contributed by atoms with Crippen molar-refractivity contribution < 1.29 is 5.11 Å². The quantitative estimate of drug-likeness (QED) is 0.446. The van der Waals surface area contributed by atoms with E-state index in [9.17, 15) is 9.90 Å². The smallest absolute Gasteiger partial charge is 0.329 e. The van der Waals surface area contributed by atoms with Crippen molar-refractivity contribution in [2.75, 3.05) is 0 Å². The lowest BCUT2D eigenvalue weighted by atomic mass is 10.2. The molecular weight excluding hydrogens is 408 g/mol. The summed E-state index contributed by atoms with van der Waals surface area (Å²) in [7, 11) is 0. The van der Waals surface area contributed by atoms with Gasteiger partial charge in [-0.15, -0.1) is 0 Å². The van der Waals surface area contributed by atoms with Crippen molar-refractivity contribution in [3.63, 3.8) is 0 Å². The summed E-state index contributed by atoms with van der Waals surface area (Å²) in [5, 5.41) is 10.3. The zero-order chi connectivity index (χ0) is 22.8. The van der Waals surface area contributed by atoms with Crippen LogP contribution in [0.5, 0.6) is 6.01 Å². The highest BCUT2D eigenvalue weighted by Gasteiger charge is 2.19. The Morgan fingerprint density at radius 1 is 0.875 bits per heavy atom. The summed E-state index contributed by atoms with van der Waals surface area (Å²) >= 11 is 0. The van der Waals surface area contributed by atoms with Crippen LogP contribution >= 0.6 is 0 Å². The van der Waals surface area contributed by atoms with Crippen LogP contribution in [0, 0.1) is 11.8 Å². The highest BCUT2D eigenvalue weighted by Crippen LogP contribution is 2.26. The molecule has 2 N–H and O–H groups in total. The van der Waals surface area contributed by atoms with E-state index in [0.29, 0.717) is 34.0 Å². The molecule has 10 nitrogen and oxygen atoms in total. The molecule has 0 aliphatic rings. The molecule has 0 spiro atoms. The van der Waals surface area contributed by atoms with Gasteiger partial charge >= 0.3 is 5.69 Å². The molecule has 166 valence electrons. The molecule has 0 saturated carbocycles. The molecular formula is C22H26N8O2. The maximum Gasteiger partial charge on any atom is 0.329 e. The second-order valence-corrected chi connectivity index (χ2v) is 7.60. The van der Waals surface area contributed by atoms with E-state index in [-0.39, 0.29) is 23.8 Å². The topological polar surface area (TPSA) is 127 Å². The Bertz CT molecular complexity index is 1380. The van der Waals surface area contributed by atoms with Crippen LogP contribution in [0.15, 0.2) is 17.2 Å². The first-order valence-electron chi connectivity index (χ1n) is 10.9. The van der Waals surface area contributed by atoms with E-state index >= 15 is 0 Å². The highest BCUT2D eigenvalue weighted by atomic mass is 16.3. The molecule has 0 fully saturated rings. The lowest BCUT2D eigenvalue weighted by Crippen LogP contribution is -2.21. The fourth-order valence-electron chi connectivity index (χ4n) is 3.98. The SMILES string of the molecule is CCC(CC)n1c(O)nc2ncc(C#Cc3cnc4[nH]c(=O)n(C(CC)CC)c4n3)nc21. The number of aromatic hydroxyl groups is 1. The first kappa shape index (κ1) is 21.5. The number of aromatic nitrogens is 8. The molecule has 0 radical (unpaired) electrons. The summed E-state index contributed by atoms with van der Waals surface area (Å²) in [5.74, 6) is 5.93. The minimum absolute atomic E-state index is 0.0417. The third kappa shape index (κ3) is 3.70. The van der Waals surface area contributed by atoms with Crippen molar-refractivity contribution in [2.24, 2.45) is 0 Å². The van der Waals surface area contributed by atoms with Crippen LogP contribution in [0.1, 0.15) is 76.8 Å². The standard InChI is InChI=1S/C22H26N8O2/c1-5-15(6-2)29-19-17(27-21(29)31)23-11-13(25-19)9-10-14-12-24-18-20(26-14)30(22(32)28-18)16(7-3)8-4/h11-12,15-16H,5-8H2,1-4H3,(H,23,27,31)(H,24,28,32). The van der Waals surface area contributed by atoms with Gasteiger partial charge in [-0.05, 0) is 37.5 Å². The van der Waals surface area contributed by atoms with Crippen molar-refractivity contribution in [1.29, 1.82) is 0 Å². The zero-order valence-electron chi connectivity index (χ0n) is 18.6. The summed E-state index contributed by atoms with van der Waals surface area (Å²) in [4.78, 5) is 37.0. The Morgan fingerprint density at radius 3 is 2.06 bits per heavy atom. The van der Waals surface area contributed by atoms with Crippen molar-refractivity contribution in [1.82, 2.24) is 39.0 Å². The van der Waals surface area contributed by atoms with Gasteiger partial charge in [0, 0.05) is 12.1 Å². The summed E-state index contributed by atoms with van der Waals surface area (Å²) < 4.78 is 3.35. The van der Waals surface area contributed by atoms with Gasteiger partial charge in [0.05, 0.1) is 12.4 Å². The number of hydrogen-bond donors (Lipinski definition) is 2. The molecule has 4 rings (SSSR count). The number of H-pyrrole nitrogens is 1. The van der Waals surface area contributed by atoms with Crippen LogP contribution in [0.4, 0.5) is 0 Å². The Morgan fingerprint density at radius 2 is 1.44 bits per heavy atom. The van der Waals surface area contributed by atoms with Crippen LogP contribution in [-0.4, -0.2) is 44.1 Å². The minimum atomic E-state index is -0.218. The van der Waals surface area contributed by atoms with E-state index in [1.54, 1.807) is 9.13 Å². The van der Waals surface area contributed by atoms with Gasteiger partial charge in [-0.3, -0.25) is 14.1 Å². The van der Waals surface area contributed by atoms with Gasteiger partial charge in [0.15, 0.2) is 16.9 Å². The number of rotatable bonds is 6. The Balaban J connectivity index is 1.75. The maximum absolute atomic E-state index is 12.4. The van der Waals surface area contributed by atoms with E-state index in [0.717, 1.165) is 25.7 Å².